The van der Waals surface area contributed by atoms with Gasteiger partial charge in [-0.2, -0.15) is 5.26 Å². The number of nitriles is 1. The van der Waals surface area contributed by atoms with Gasteiger partial charge in [0.25, 0.3) is 0 Å². The number of benzene rings is 1. The molecule has 0 unspecified atom stereocenters. The molecule has 5 nitrogen and oxygen atoms in total. The summed E-state index contributed by atoms with van der Waals surface area (Å²) in [4.78, 5) is 18.6. The second-order valence-corrected chi connectivity index (χ2v) is 4.98. The molecule has 2 atom stereocenters. The molecule has 2 aliphatic rings. The summed E-state index contributed by atoms with van der Waals surface area (Å²) in [6.45, 7) is 2.09. The van der Waals surface area contributed by atoms with E-state index in [1.54, 1.807) is 25.3 Å². The normalized spacial score (nSPS) is 22.5. The van der Waals surface area contributed by atoms with Gasteiger partial charge in [-0.25, -0.2) is 4.79 Å². The first-order valence-electron chi connectivity index (χ1n) is 7.12. The van der Waals surface area contributed by atoms with Crippen LogP contribution < -0.4 is 0 Å². The third-order valence-corrected chi connectivity index (χ3v) is 3.62. The Morgan fingerprint density at radius 1 is 1.36 bits per heavy atom. The largest absolute Gasteiger partial charge is 0.464 e. The SMILES string of the molecule is CCOC(=O)[C@@H]1N=C2C=CC(C#N)=CN2[C@H]1c1ccccc1. The van der Waals surface area contributed by atoms with E-state index in [9.17, 15) is 4.79 Å². The zero-order valence-electron chi connectivity index (χ0n) is 12.1. The van der Waals surface area contributed by atoms with E-state index in [-0.39, 0.29) is 12.0 Å². The van der Waals surface area contributed by atoms with Crippen LogP contribution in [0.25, 0.3) is 0 Å². The van der Waals surface area contributed by atoms with Crippen LogP contribution in [-0.2, 0) is 9.53 Å². The predicted octanol–water partition coefficient (Wildman–Crippen LogP) is 2.35. The second-order valence-electron chi connectivity index (χ2n) is 4.98. The summed E-state index contributed by atoms with van der Waals surface area (Å²) in [5.74, 6) is 0.324. The minimum atomic E-state index is -0.628. The van der Waals surface area contributed by atoms with Crippen molar-refractivity contribution in [3.63, 3.8) is 0 Å². The average molecular weight is 293 g/mol. The number of fused-ring (bicyclic) bond motifs is 1. The summed E-state index contributed by atoms with van der Waals surface area (Å²) in [5, 5.41) is 9.10. The van der Waals surface area contributed by atoms with Gasteiger partial charge in [0.1, 0.15) is 11.9 Å². The van der Waals surface area contributed by atoms with Gasteiger partial charge in [0.2, 0.25) is 0 Å². The van der Waals surface area contributed by atoms with E-state index in [0.717, 1.165) is 5.56 Å². The van der Waals surface area contributed by atoms with Gasteiger partial charge in [-0.05, 0) is 24.6 Å². The molecule has 1 aromatic rings. The number of hydrogen-bond acceptors (Lipinski definition) is 5. The lowest BCUT2D eigenvalue weighted by atomic mass is 9.99. The predicted molar refractivity (Wildman–Crippen MR) is 81.7 cm³/mol. The topological polar surface area (TPSA) is 65.7 Å². The summed E-state index contributed by atoms with van der Waals surface area (Å²) in [7, 11) is 0. The van der Waals surface area contributed by atoms with Crippen LogP contribution in [0.2, 0.25) is 0 Å². The van der Waals surface area contributed by atoms with E-state index in [1.807, 2.05) is 35.2 Å². The maximum Gasteiger partial charge on any atom is 0.333 e. The van der Waals surface area contributed by atoms with Crippen LogP contribution in [0.1, 0.15) is 18.5 Å². The molecule has 0 aromatic heterocycles. The molecular weight excluding hydrogens is 278 g/mol. The van der Waals surface area contributed by atoms with Gasteiger partial charge in [-0.15, -0.1) is 0 Å². The van der Waals surface area contributed by atoms with Gasteiger partial charge < -0.3 is 9.64 Å². The highest BCUT2D eigenvalue weighted by atomic mass is 16.5. The van der Waals surface area contributed by atoms with Crippen molar-refractivity contribution < 1.29 is 9.53 Å². The molecule has 2 aliphatic heterocycles. The molecule has 0 radical (unpaired) electrons. The van der Waals surface area contributed by atoms with Gasteiger partial charge >= 0.3 is 5.97 Å². The fourth-order valence-electron chi connectivity index (χ4n) is 2.68. The van der Waals surface area contributed by atoms with Crippen molar-refractivity contribution in [2.75, 3.05) is 6.61 Å². The third kappa shape index (κ3) is 2.40. The maximum absolute atomic E-state index is 12.3. The second kappa shape index (κ2) is 5.86. The Labute approximate surface area is 128 Å². The van der Waals surface area contributed by atoms with Crippen molar-refractivity contribution in [1.82, 2.24) is 4.90 Å². The highest BCUT2D eigenvalue weighted by Crippen LogP contribution is 2.35. The summed E-state index contributed by atoms with van der Waals surface area (Å²) in [5.41, 5.74) is 1.49. The fourth-order valence-corrected chi connectivity index (χ4v) is 2.68. The Bertz CT molecular complexity index is 713. The van der Waals surface area contributed by atoms with Crippen LogP contribution in [0.15, 0.2) is 59.2 Å². The smallest absolute Gasteiger partial charge is 0.333 e. The summed E-state index contributed by atoms with van der Waals surface area (Å²) in [6.07, 6.45) is 5.19. The minimum absolute atomic E-state index is 0.288. The Balaban J connectivity index is 2.02. The molecule has 0 bridgehead atoms. The molecular formula is C17H15N3O2. The van der Waals surface area contributed by atoms with E-state index >= 15 is 0 Å². The first kappa shape index (κ1) is 14.1. The lowest BCUT2D eigenvalue weighted by Gasteiger charge is -2.28. The number of ether oxygens (including phenoxy) is 1. The van der Waals surface area contributed by atoms with Gasteiger partial charge in [0.15, 0.2) is 6.04 Å². The van der Waals surface area contributed by atoms with Crippen molar-refractivity contribution in [2.45, 2.75) is 19.0 Å². The standard InChI is InChI=1S/C17H15N3O2/c1-2-22-17(21)15-16(13-6-4-3-5-7-13)20-11-12(10-18)8-9-14(20)19-15/h3-9,11,15-16H,2H2,1H3/t15-,16+/m1/s1. The lowest BCUT2D eigenvalue weighted by Crippen LogP contribution is -2.33. The number of allylic oxidation sites excluding steroid dienone is 2. The summed E-state index contributed by atoms with van der Waals surface area (Å²) >= 11 is 0. The van der Waals surface area contributed by atoms with Crippen LogP contribution in [-0.4, -0.2) is 29.4 Å². The molecule has 2 heterocycles. The number of nitrogens with zero attached hydrogens (tertiary/aromatic N) is 3. The number of carbonyl (C=O) groups excluding carboxylic acids is 1. The van der Waals surface area contributed by atoms with Crippen LogP contribution in [0, 0.1) is 11.3 Å². The summed E-state index contributed by atoms with van der Waals surface area (Å²) in [6, 6.07) is 10.9. The number of amidine groups is 1. The number of aliphatic imine (C=N–C) groups is 1. The molecule has 0 saturated carbocycles. The highest BCUT2D eigenvalue weighted by molar-refractivity contribution is 6.00. The monoisotopic (exact) mass is 293 g/mol. The molecule has 1 aromatic carbocycles. The van der Waals surface area contributed by atoms with Gasteiger partial charge in [0.05, 0.1) is 18.2 Å². The molecule has 3 rings (SSSR count). The number of carbonyl (C=O) groups is 1. The number of esters is 1. The number of hydrogen-bond donors (Lipinski definition) is 0. The van der Waals surface area contributed by atoms with Crippen molar-refractivity contribution in [3.8, 4) is 6.07 Å². The molecule has 0 fully saturated rings. The quantitative estimate of drug-likeness (QED) is 0.802. The van der Waals surface area contributed by atoms with Gasteiger partial charge in [-0.1, -0.05) is 30.3 Å². The van der Waals surface area contributed by atoms with Crippen molar-refractivity contribution in [3.05, 3.63) is 59.8 Å². The van der Waals surface area contributed by atoms with Gasteiger partial charge in [0, 0.05) is 6.20 Å². The fraction of sp³-hybridized carbons (Fsp3) is 0.235. The zero-order chi connectivity index (χ0) is 15.5. The van der Waals surface area contributed by atoms with Crippen LogP contribution in [0.4, 0.5) is 0 Å². The average Bonchev–Trinajstić information content (AvgIpc) is 2.94. The first-order valence-corrected chi connectivity index (χ1v) is 7.12. The molecule has 0 N–H and O–H groups in total. The third-order valence-electron chi connectivity index (χ3n) is 3.62. The van der Waals surface area contributed by atoms with Crippen LogP contribution >= 0.6 is 0 Å². The highest BCUT2D eigenvalue weighted by Gasteiger charge is 2.41. The number of rotatable bonds is 3. The van der Waals surface area contributed by atoms with E-state index < -0.39 is 6.04 Å². The molecule has 22 heavy (non-hydrogen) atoms. The maximum atomic E-state index is 12.3. The van der Waals surface area contributed by atoms with E-state index in [0.29, 0.717) is 18.0 Å². The molecule has 0 aliphatic carbocycles. The first-order chi connectivity index (χ1) is 10.7. The lowest BCUT2D eigenvalue weighted by molar-refractivity contribution is -0.145. The van der Waals surface area contributed by atoms with Crippen molar-refractivity contribution >= 4 is 11.8 Å². The van der Waals surface area contributed by atoms with E-state index in [4.69, 9.17) is 10.00 Å². The Hall–Kier alpha value is -2.87. The van der Waals surface area contributed by atoms with Crippen molar-refractivity contribution in [2.24, 2.45) is 4.99 Å². The molecule has 0 spiro atoms. The van der Waals surface area contributed by atoms with E-state index in [1.165, 1.54) is 0 Å². The zero-order valence-corrected chi connectivity index (χ0v) is 12.1. The van der Waals surface area contributed by atoms with Gasteiger partial charge in [-0.3, -0.25) is 4.99 Å². The summed E-state index contributed by atoms with van der Waals surface area (Å²) < 4.78 is 5.15. The van der Waals surface area contributed by atoms with Crippen molar-refractivity contribution in [1.29, 1.82) is 5.26 Å². The Morgan fingerprint density at radius 3 is 2.82 bits per heavy atom. The molecule has 5 heteroatoms. The molecule has 110 valence electrons. The molecule has 0 amide bonds. The molecule has 0 saturated heterocycles. The Morgan fingerprint density at radius 2 is 2.14 bits per heavy atom. The minimum Gasteiger partial charge on any atom is -0.464 e. The van der Waals surface area contributed by atoms with Crippen LogP contribution in [0.5, 0.6) is 0 Å². The Kier molecular flexibility index (Phi) is 3.75. The van der Waals surface area contributed by atoms with Crippen LogP contribution in [0.3, 0.4) is 0 Å². The van der Waals surface area contributed by atoms with E-state index in [2.05, 4.69) is 11.1 Å².